The number of amides is 1. The largest absolute Gasteiger partial charge is 0.416 e. The van der Waals surface area contributed by atoms with Crippen LogP contribution in [0.4, 0.5) is 13.2 Å². The number of hydrogen-bond acceptors (Lipinski definition) is 1. The van der Waals surface area contributed by atoms with Gasteiger partial charge in [0.05, 0.1) is 12.0 Å². The summed E-state index contributed by atoms with van der Waals surface area (Å²) in [6.45, 7) is 2.24. The van der Waals surface area contributed by atoms with Gasteiger partial charge in [-0.15, -0.1) is 0 Å². The van der Waals surface area contributed by atoms with Crippen LogP contribution in [0, 0.1) is 17.8 Å². The fraction of sp³-hybridized carbons (Fsp3) is 0.650. The minimum absolute atomic E-state index is 0.0816. The molecule has 0 saturated heterocycles. The van der Waals surface area contributed by atoms with Crippen LogP contribution in [0.5, 0.6) is 0 Å². The van der Waals surface area contributed by atoms with Crippen molar-refractivity contribution in [1.29, 1.82) is 0 Å². The molecule has 2 aliphatic carbocycles. The number of carbonyl (C=O) groups excluding carboxylic acids is 1. The van der Waals surface area contributed by atoms with E-state index in [-0.39, 0.29) is 18.4 Å². The fourth-order valence-electron chi connectivity index (χ4n) is 4.61. The lowest BCUT2D eigenvalue weighted by Gasteiger charge is -2.43. The van der Waals surface area contributed by atoms with Crippen molar-refractivity contribution in [3.63, 3.8) is 0 Å². The first-order valence-electron chi connectivity index (χ1n) is 9.30. The number of benzene rings is 1. The Hall–Kier alpha value is -1.52. The summed E-state index contributed by atoms with van der Waals surface area (Å²) < 4.78 is 37.8. The average Bonchev–Trinajstić information content (AvgIpc) is 2.57. The lowest BCUT2D eigenvalue weighted by molar-refractivity contribution is -0.137. The van der Waals surface area contributed by atoms with Crippen LogP contribution in [0.25, 0.3) is 0 Å². The maximum atomic E-state index is 12.6. The second-order valence-electron chi connectivity index (χ2n) is 7.73. The molecule has 1 aromatic carbocycles. The Morgan fingerprint density at radius 3 is 2.48 bits per heavy atom. The molecule has 1 N–H and O–H groups in total. The lowest BCUT2D eigenvalue weighted by Crippen LogP contribution is -2.47. The second-order valence-corrected chi connectivity index (χ2v) is 7.73. The zero-order valence-electron chi connectivity index (χ0n) is 14.6. The van der Waals surface area contributed by atoms with Crippen LogP contribution in [0.3, 0.4) is 0 Å². The van der Waals surface area contributed by atoms with E-state index in [1.807, 2.05) is 0 Å². The molecule has 2 fully saturated rings. The summed E-state index contributed by atoms with van der Waals surface area (Å²) in [5, 5.41) is 3.15. The van der Waals surface area contributed by atoms with E-state index in [0.717, 1.165) is 30.4 Å². The third-order valence-electron chi connectivity index (χ3n) is 5.96. The van der Waals surface area contributed by atoms with Crippen LogP contribution in [-0.2, 0) is 17.4 Å². The molecule has 2 aliphatic rings. The van der Waals surface area contributed by atoms with Crippen molar-refractivity contribution in [3.8, 4) is 0 Å². The Balaban J connectivity index is 1.55. The van der Waals surface area contributed by atoms with Gasteiger partial charge >= 0.3 is 6.18 Å². The van der Waals surface area contributed by atoms with Gasteiger partial charge < -0.3 is 5.32 Å². The molecule has 1 aromatic rings. The molecule has 2 bridgehead atoms. The molecule has 1 amide bonds. The molecular formula is C20H26F3NO. The van der Waals surface area contributed by atoms with Crippen molar-refractivity contribution in [2.24, 2.45) is 17.8 Å². The van der Waals surface area contributed by atoms with E-state index in [9.17, 15) is 18.0 Å². The zero-order valence-corrected chi connectivity index (χ0v) is 14.6. The van der Waals surface area contributed by atoms with Crippen LogP contribution >= 0.6 is 0 Å². The summed E-state index contributed by atoms with van der Waals surface area (Å²) in [4.78, 5) is 12.3. The minimum atomic E-state index is -4.34. The number of hydrogen-bond donors (Lipinski definition) is 1. The third kappa shape index (κ3) is 4.56. The number of nitrogens with one attached hydrogen (secondary N) is 1. The van der Waals surface area contributed by atoms with Crippen LogP contribution in [-0.4, -0.2) is 11.9 Å². The highest BCUT2D eigenvalue weighted by molar-refractivity contribution is 5.78. The SMILES string of the molecule is CCC1CC2CCC(NC(=O)Cc3ccc(C(F)(F)F)cc3)C(C1)C2. The van der Waals surface area contributed by atoms with Crippen LogP contribution < -0.4 is 5.32 Å². The lowest BCUT2D eigenvalue weighted by atomic mass is 9.65. The number of fused-ring (bicyclic) bond motifs is 2. The fourth-order valence-corrected chi connectivity index (χ4v) is 4.61. The second kappa shape index (κ2) is 7.38. The maximum Gasteiger partial charge on any atom is 0.416 e. The molecule has 0 spiro atoms. The highest BCUT2D eigenvalue weighted by Gasteiger charge is 2.37. The molecule has 2 nitrogen and oxygen atoms in total. The van der Waals surface area contributed by atoms with E-state index >= 15 is 0 Å². The molecule has 5 heteroatoms. The van der Waals surface area contributed by atoms with Crippen LogP contribution in [0.15, 0.2) is 24.3 Å². The van der Waals surface area contributed by atoms with Gasteiger partial charge in [-0.2, -0.15) is 13.2 Å². The van der Waals surface area contributed by atoms with E-state index < -0.39 is 11.7 Å². The van der Waals surface area contributed by atoms with Crippen molar-refractivity contribution < 1.29 is 18.0 Å². The summed E-state index contributed by atoms with van der Waals surface area (Å²) in [5.74, 6) is 2.07. The molecule has 138 valence electrons. The highest BCUT2D eigenvalue weighted by atomic mass is 19.4. The summed E-state index contributed by atoms with van der Waals surface area (Å²) in [5.41, 5.74) is -0.0583. The first-order chi connectivity index (χ1) is 11.8. The van der Waals surface area contributed by atoms with Gasteiger partial charge in [0.25, 0.3) is 0 Å². The molecule has 2 saturated carbocycles. The van der Waals surface area contributed by atoms with E-state index in [2.05, 4.69) is 12.2 Å². The number of alkyl halides is 3. The molecule has 0 aliphatic heterocycles. The summed E-state index contributed by atoms with van der Waals surface area (Å²) >= 11 is 0. The third-order valence-corrected chi connectivity index (χ3v) is 5.96. The summed E-state index contributed by atoms with van der Waals surface area (Å²) in [7, 11) is 0. The minimum Gasteiger partial charge on any atom is -0.353 e. The molecule has 4 unspecified atom stereocenters. The Morgan fingerprint density at radius 1 is 1.12 bits per heavy atom. The van der Waals surface area contributed by atoms with Gasteiger partial charge in [0.2, 0.25) is 5.91 Å². The normalized spacial score (nSPS) is 29.3. The van der Waals surface area contributed by atoms with Gasteiger partial charge in [-0.1, -0.05) is 25.5 Å². The van der Waals surface area contributed by atoms with Crippen molar-refractivity contribution in [1.82, 2.24) is 5.32 Å². The Kier molecular flexibility index (Phi) is 5.40. The Bertz CT molecular complexity index is 596. The molecule has 3 rings (SSSR count). The maximum absolute atomic E-state index is 12.6. The van der Waals surface area contributed by atoms with E-state index in [1.54, 1.807) is 0 Å². The van der Waals surface area contributed by atoms with Crippen LogP contribution in [0.2, 0.25) is 0 Å². The first kappa shape index (κ1) is 18.3. The Morgan fingerprint density at radius 2 is 1.84 bits per heavy atom. The first-order valence-corrected chi connectivity index (χ1v) is 9.30. The Labute approximate surface area is 147 Å². The predicted octanol–water partition coefficient (Wildman–Crippen LogP) is 4.97. The van der Waals surface area contributed by atoms with Crippen molar-refractivity contribution >= 4 is 5.91 Å². The quantitative estimate of drug-likeness (QED) is 0.814. The van der Waals surface area contributed by atoms with Gasteiger partial charge in [-0.05, 0) is 67.6 Å². The zero-order chi connectivity index (χ0) is 18.0. The van der Waals surface area contributed by atoms with Crippen molar-refractivity contribution in [3.05, 3.63) is 35.4 Å². The van der Waals surface area contributed by atoms with Gasteiger partial charge in [-0.3, -0.25) is 4.79 Å². The van der Waals surface area contributed by atoms with Crippen molar-refractivity contribution in [2.75, 3.05) is 0 Å². The number of carbonyl (C=O) groups is 1. The van der Waals surface area contributed by atoms with Gasteiger partial charge in [0, 0.05) is 6.04 Å². The topological polar surface area (TPSA) is 29.1 Å². The van der Waals surface area contributed by atoms with Crippen molar-refractivity contribution in [2.45, 2.75) is 64.1 Å². The van der Waals surface area contributed by atoms with Gasteiger partial charge in [-0.25, -0.2) is 0 Å². The molecule has 0 heterocycles. The summed E-state index contributed by atoms with van der Waals surface area (Å²) in [6, 6.07) is 5.11. The summed E-state index contributed by atoms with van der Waals surface area (Å²) in [6.07, 6.45) is 2.96. The smallest absolute Gasteiger partial charge is 0.353 e. The van der Waals surface area contributed by atoms with Gasteiger partial charge in [0.15, 0.2) is 0 Å². The van der Waals surface area contributed by atoms with Crippen LogP contribution in [0.1, 0.15) is 56.6 Å². The molecule has 25 heavy (non-hydrogen) atoms. The molecule has 0 radical (unpaired) electrons. The predicted molar refractivity (Wildman–Crippen MR) is 90.9 cm³/mol. The van der Waals surface area contributed by atoms with E-state index in [1.165, 1.54) is 44.2 Å². The van der Waals surface area contributed by atoms with E-state index in [4.69, 9.17) is 0 Å². The average molecular weight is 353 g/mol. The number of halogens is 3. The molecular weight excluding hydrogens is 327 g/mol. The number of rotatable bonds is 4. The van der Waals surface area contributed by atoms with Gasteiger partial charge in [0.1, 0.15) is 0 Å². The van der Waals surface area contributed by atoms with E-state index in [0.29, 0.717) is 11.5 Å². The standard InChI is InChI=1S/C20H26F3NO/c1-2-13-9-15-5-8-18(16(10-13)11-15)24-19(25)12-14-3-6-17(7-4-14)20(21,22)23/h3-4,6-7,13,15-16,18H,2,5,8-12H2,1H3,(H,24,25). The molecule has 0 aromatic heterocycles. The molecule has 4 atom stereocenters. The monoisotopic (exact) mass is 353 g/mol. The highest BCUT2D eigenvalue weighted by Crippen LogP contribution is 2.43.